The molecule has 1 aliphatic heterocycles. The third kappa shape index (κ3) is 6.21. The largest absolute Gasteiger partial charge is 0.464 e. The number of H-pyrrole nitrogens is 1. The first-order valence-electron chi connectivity index (χ1n) is 13.8. The third-order valence-corrected chi connectivity index (χ3v) is 7.19. The van der Waals surface area contributed by atoms with E-state index >= 15 is 0 Å². The average molecular weight is 610 g/mol. The monoisotopic (exact) mass is 609 g/mol. The summed E-state index contributed by atoms with van der Waals surface area (Å²) < 4.78 is 22.2. The van der Waals surface area contributed by atoms with E-state index in [2.05, 4.69) is 9.97 Å². The van der Waals surface area contributed by atoms with Gasteiger partial charge in [0.1, 0.15) is 18.5 Å². The maximum absolute atomic E-state index is 14.2. The van der Waals surface area contributed by atoms with Crippen molar-refractivity contribution in [3.63, 3.8) is 0 Å². The molecule has 0 bridgehead atoms. The molecule has 0 amide bonds. The number of nitriles is 1. The van der Waals surface area contributed by atoms with Gasteiger partial charge in [0.15, 0.2) is 17.9 Å². The van der Waals surface area contributed by atoms with Crippen LogP contribution in [0.1, 0.15) is 59.2 Å². The highest BCUT2D eigenvalue weighted by molar-refractivity contribution is 6.04. The number of benzene rings is 3. The number of nitrogens with one attached hydrogen (secondary N) is 1. The fourth-order valence-corrected chi connectivity index (χ4v) is 5.02. The number of Topliss-reactive ketones (excluding diaryl/α,β-unsaturated/α-hetero) is 1. The number of hydrogen-bond donors (Lipinski definition) is 2. The summed E-state index contributed by atoms with van der Waals surface area (Å²) in [6.07, 6.45) is -5.11. The number of methoxy groups -OCH3 is 1. The number of aromatic amines is 1. The lowest BCUT2D eigenvalue weighted by atomic mass is 9.82. The van der Waals surface area contributed by atoms with Crippen LogP contribution in [0.2, 0.25) is 0 Å². The Morgan fingerprint density at radius 3 is 2.00 bits per heavy atom. The average Bonchev–Trinajstić information content (AvgIpc) is 3.62. The van der Waals surface area contributed by atoms with Crippen LogP contribution in [0, 0.1) is 11.3 Å². The van der Waals surface area contributed by atoms with Crippen LogP contribution in [-0.2, 0) is 25.4 Å². The summed E-state index contributed by atoms with van der Waals surface area (Å²) in [6, 6.07) is 25.7. The fourth-order valence-electron chi connectivity index (χ4n) is 5.02. The van der Waals surface area contributed by atoms with E-state index in [0.29, 0.717) is 0 Å². The number of carbonyl (C=O) groups excluding carboxylic acids is 4. The lowest BCUT2D eigenvalue weighted by Crippen LogP contribution is -2.54. The van der Waals surface area contributed by atoms with Crippen molar-refractivity contribution in [1.82, 2.24) is 9.97 Å². The zero-order chi connectivity index (χ0) is 32.0. The van der Waals surface area contributed by atoms with Crippen molar-refractivity contribution in [2.75, 3.05) is 13.7 Å². The number of hydrogen-bond acceptors (Lipinski definition) is 11. The Morgan fingerprint density at radius 2 is 1.44 bits per heavy atom. The van der Waals surface area contributed by atoms with Gasteiger partial charge in [-0.1, -0.05) is 66.7 Å². The smallest absolute Gasteiger partial charge is 0.358 e. The van der Waals surface area contributed by atoms with Crippen LogP contribution >= 0.6 is 0 Å². The van der Waals surface area contributed by atoms with Crippen LogP contribution in [0.25, 0.3) is 0 Å². The van der Waals surface area contributed by atoms with Gasteiger partial charge in [-0.2, -0.15) is 5.26 Å². The molecule has 1 unspecified atom stereocenters. The molecule has 0 spiro atoms. The van der Waals surface area contributed by atoms with E-state index in [1.165, 1.54) is 36.4 Å². The molecule has 2 N–H and O–H groups in total. The molecule has 2 heterocycles. The molecule has 4 atom stereocenters. The number of esters is 3. The molecule has 1 aromatic heterocycles. The van der Waals surface area contributed by atoms with Gasteiger partial charge in [0, 0.05) is 5.56 Å². The minimum Gasteiger partial charge on any atom is -0.464 e. The molecule has 0 radical (unpaired) electrons. The summed E-state index contributed by atoms with van der Waals surface area (Å²) in [5.74, 6) is -3.60. The molecule has 45 heavy (non-hydrogen) atoms. The third-order valence-electron chi connectivity index (χ3n) is 7.19. The van der Waals surface area contributed by atoms with Gasteiger partial charge >= 0.3 is 17.9 Å². The normalized spacial score (nSPS) is 20.5. The van der Waals surface area contributed by atoms with Crippen molar-refractivity contribution in [3.05, 3.63) is 125 Å². The minimum atomic E-state index is -2.66. The molecule has 1 fully saturated rings. The van der Waals surface area contributed by atoms with Crippen LogP contribution in [-0.4, -0.2) is 70.3 Å². The van der Waals surface area contributed by atoms with Crippen molar-refractivity contribution < 1.29 is 43.2 Å². The number of aliphatic hydroxyl groups is 1. The topological polar surface area (TPSA) is 178 Å². The van der Waals surface area contributed by atoms with Crippen LogP contribution in [0.3, 0.4) is 0 Å². The van der Waals surface area contributed by atoms with Crippen LogP contribution in [0.5, 0.6) is 0 Å². The predicted molar refractivity (Wildman–Crippen MR) is 155 cm³/mol. The van der Waals surface area contributed by atoms with E-state index < -0.39 is 54.2 Å². The van der Waals surface area contributed by atoms with Gasteiger partial charge < -0.3 is 29.0 Å². The lowest BCUT2D eigenvalue weighted by molar-refractivity contribution is -0.0640. The van der Waals surface area contributed by atoms with E-state index in [1.807, 2.05) is 6.07 Å². The van der Waals surface area contributed by atoms with Gasteiger partial charge in [0.05, 0.1) is 36.4 Å². The summed E-state index contributed by atoms with van der Waals surface area (Å²) in [5, 5.41) is 21.8. The molecule has 5 rings (SSSR count). The molecule has 0 saturated carbocycles. The number of ether oxygens (including phenoxy) is 4. The Labute approximate surface area is 257 Å². The van der Waals surface area contributed by atoms with Crippen molar-refractivity contribution in [2.24, 2.45) is 0 Å². The summed E-state index contributed by atoms with van der Waals surface area (Å²) in [6.45, 7) is -0.545. The number of carbonyl (C=O) groups is 4. The van der Waals surface area contributed by atoms with Gasteiger partial charge in [-0.05, 0) is 24.3 Å². The minimum absolute atomic E-state index is 0.0493. The van der Waals surface area contributed by atoms with Gasteiger partial charge in [0.25, 0.3) is 0 Å². The van der Waals surface area contributed by atoms with Crippen molar-refractivity contribution in [3.8, 4) is 6.07 Å². The molecule has 0 aliphatic carbocycles. The number of rotatable bonds is 10. The Balaban J connectivity index is 1.60. The number of ketones is 1. The Bertz CT molecular complexity index is 1740. The molecule has 12 nitrogen and oxygen atoms in total. The molecule has 228 valence electrons. The van der Waals surface area contributed by atoms with Crippen LogP contribution in [0.4, 0.5) is 0 Å². The van der Waals surface area contributed by atoms with Gasteiger partial charge in [-0.15, -0.1) is 0 Å². The Morgan fingerprint density at radius 1 is 0.889 bits per heavy atom. The van der Waals surface area contributed by atoms with E-state index in [4.69, 9.17) is 18.9 Å². The van der Waals surface area contributed by atoms with E-state index in [0.717, 1.165) is 7.11 Å². The summed E-state index contributed by atoms with van der Waals surface area (Å²) in [4.78, 5) is 59.9. The first kappa shape index (κ1) is 30.8. The highest BCUT2D eigenvalue weighted by Gasteiger charge is 2.64. The molecule has 1 saturated heterocycles. The second kappa shape index (κ2) is 13.3. The van der Waals surface area contributed by atoms with Gasteiger partial charge in [-0.25, -0.2) is 19.4 Å². The van der Waals surface area contributed by atoms with E-state index in [1.54, 1.807) is 54.6 Å². The standard InChI is InChI=1S/C33H27N3O9/c1-42-32(40)25-23(17-18-34)35-29(36-25)28-33(41,26(37)20-11-5-2-6-12-20)27(45-31(39)22-15-9-4-10-16-22)24(44-28)19-43-30(38)21-13-7-3-8-14-21/h2-16,24,27-28,41H,17,19H2,1H3,(H,35,36)/t24-,27-,28?,33-/m0/s1. The quantitative estimate of drug-likeness (QED) is 0.153. The number of imidazole rings is 1. The van der Waals surface area contributed by atoms with Crippen LogP contribution in [0.15, 0.2) is 91.0 Å². The molecular formula is C33H27N3O9. The number of aromatic nitrogens is 2. The second-order valence-electron chi connectivity index (χ2n) is 10.0. The zero-order valence-corrected chi connectivity index (χ0v) is 23.9. The summed E-state index contributed by atoms with van der Waals surface area (Å²) in [7, 11) is 1.13. The van der Waals surface area contributed by atoms with Crippen LogP contribution < -0.4 is 0 Å². The first-order valence-corrected chi connectivity index (χ1v) is 13.8. The SMILES string of the molecule is COC(=O)c1nc(C2O[C@@H](COC(=O)c3ccccc3)[C@H](OC(=O)c3ccccc3)[C@@]2(O)C(=O)c2ccccc2)[nH]c1CC#N. The van der Waals surface area contributed by atoms with Gasteiger partial charge in [-0.3, -0.25) is 4.79 Å². The second-order valence-corrected chi connectivity index (χ2v) is 10.0. The first-order chi connectivity index (χ1) is 21.8. The predicted octanol–water partition coefficient (Wildman–Crippen LogP) is 3.40. The maximum Gasteiger partial charge on any atom is 0.358 e. The highest BCUT2D eigenvalue weighted by atomic mass is 16.6. The Kier molecular flexibility index (Phi) is 9.13. The van der Waals surface area contributed by atoms with Gasteiger partial charge in [0.2, 0.25) is 11.4 Å². The van der Waals surface area contributed by atoms with E-state index in [9.17, 15) is 29.5 Å². The highest BCUT2D eigenvalue weighted by Crippen LogP contribution is 2.45. The van der Waals surface area contributed by atoms with Crippen molar-refractivity contribution in [1.29, 1.82) is 5.26 Å². The molecule has 4 aromatic rings. The lowest BCUT2D eigenvalue weighted by Gasteiger charge is -2.31. The maximum atomic E-state index is 14.2. The summed E-state index contributed by atoms with van der Waals surface area (Å²) >= 11 is 0. The molecular weight excluding hydrogens is 582 g/mol. The van der Waals surface area contributed by atoms with Crippen molar-refractivity contribution in [2.45, 2.75) is 30.3 Å². The molecule has 3 aromatic carbocycles. The van der Waals surface area contributed by atoms with Crippen molar-refractivity contribution >= 4 is 23.7 Å². The van der Waals surface area contributed by atoms with E-state index in [-0.39, 0.29) is 40.3 Å². The number of nitrogens with zero attached hydrogens (tertiary/aromatic N) is 2. The summed E-state index contributed by atoms with van der Waals surface area (Å²) in [5.41, 5.74) is -2.47. The fraction of sp³-hybridized carbons (Fsp3) is 0.212. The molecule has 12 heteroatoms. The molecule has 1 aliphatic rings. The zero-order valence-electron chi connectivity index (χ0n) is 23.9. The Hall–Kier alpha value is -5.64.